The first-order valence-corrected chi connectivity index (χ1v) is 10.3. The lowest BCUT2D eigenvalue weighted by Crippen LogP contribution is -2.58. The number of benzene rings is 1. The molecule has 1 aromatic heterocycles. The van der Waals surface area contributed by atoms with Crippen molar-refractivity contribution in [2.75, 3.05) is 26.3 Å². The number of hydrogen-bond donors (Lipinski definition) is 1. The lowest BCUT2D eigenvalue weighted by atomic mass is 9.97. The standard InChI is InChI=1S/C22H26ClN3O4/c23-18-4-6-19(7-5-18)29-16-22(14-20(24)27)15-26(12-13-30-22)21(28)3-1-2-17-8-10-25-11-9-17/h4-11H,1-3,12-16H2,(H2,24,27). The highest BCUT2D eigenvalue weighted by atomic mass is 35.5. The van der Waals surface area contributed by atoms with Gasteiger partial charge in [-0.3, -0.25) is 14.6 Å². The molecule has 0 saturated carbocycles. The first-order chi connectivity index (χ1) is 14.5. The van der Waals surface area contributed by atoms with Crippen molar-refractivity contribution < 1.29 is 19.1 Å². The Kier molecular flexibility index (Phi) is 7.65. The molecule has 1 aromatic carbocycles. The SMILES string of the molecule is NC(=O)CC1(COc2ccc(Cl)cc2)CN(C(=O)CCCc2ccncc2)CCO1. The molecule has 1 atom stereocenters. The molecular weight excluding hydrogens is 406 g/mol. The number of amides is 2. The molecule has 3 rings (SSSR count). The summed E-state index contributed by atoms with van der Waals surface area (Å²) < 4.78 is 11.8. The molecule has 2 aromatic rings. The van der Waals surface area contributed by atoms with Crippen LogP contribution in [-0.2, 0) is 20.7 Å². The Morgan fingerprint density at radius 3 is 2.63 bits per heavy atom. The lowest BCUT2D eigenvalue weighted by molar-refractivity contribution is -0.161. The van der Waals surface area contributed by atoms with E-state index in [1.165, 1.54) is 0 Å². The van der Waals surface area contributed by atoms with E-state index >= 15 is 0 Å². The maximum absolute atomic E-state index is 12.8. The normalized spacial score (nSPS) is 18.8. The Bertz CT molecular complexity index is 847. The number of nitrogens with two attached hydrogens (primary N) is 1. The van der Waals surface area contributed by atoms with E-state index in [1.807, 2.05) is 12.1 Å². The predicted octanol–water partition coefficient (Wildman–Crippen LogP) is 2.61. The molecule has 7 nitrogen and oxygen atoms in total. The summed E-state index contributed by atoms with van der Waals surface area (Å²) >= 11 is 5.90. The van der Waals surface area contributed by atoms with Crippen molar-refractivity contribution in [1.82, 2.24) is 9.88 Å². The fourth-order valence-electron chi connectivity index (χ4n) is 3.52. The summed E-state index contributed by atoms with van der Waals surface area (Å²) in [4.78, 5) is 30.2. The van der Waals surface area contributed by atoms with Crippen molar-refractivity contribution in [2.45, 2.75) is 31.3 Å². The summed E-state index contributed by atoms with van der Waals surface area (Å²) in [5.41, 5.74) is 5.65. The molecule has 1 unspecified atom stereocenters. The summed E-state index contributed by atoms with van der Waals surface area (Å²) in [6.07, 6.45) is 5.44. The molecule has 0 radical (unpaired) electrons. The van der Waals surface area contributed by atoms with E-state index in [2.05, 4.69) is 4.98 Å². The summed E-state index contributed by atoms with van der Waals surface area (Å²) in [5, 5.41) is 0.603. The molecule has 0 bridgehead atoms. The van der Waals surface area contributed by atoms with E-state index in [0.717, 1.165) is 18.4 Å². The van der Waals surface area contributed by atoms with Gasteiger partial charge in [0.1, 0.15) is 18.0 Å². The van der Waals surface area contributed by atoms with Gasteiger partial charge in [0.2, 0.25) is 11.8 Å². The fourth-order valence-corrected chi connectivity index (χ4v) is 3.64. The average Bonchev–Trinajstić information content (AvgIpc) is 2.74. The Balaban J connectivity index is 1.58. The van der Waals surface area contributed by atoms with Crippen LogP contribution in [0.5, 0.6) is 5.75 Å². The third-order valence-corrected chi connectivity index (χ3v) is 5.27. The third kappa shape index (κ3) is 6.43. The van der Waals surface area contributed by atoms with E-state index in [0.29, 0.717) is 30.3 Å². The van der Waals surface area contributed by atoms with Gasteiger partial charge in [-0.05, 0) is 54.8 Å². The highest BCUT2D eigenvalue weighted by molar-refractivity contribution is 6.30. The first-order valence-electron chi connectivity index (χ1n) is 9.93. The van der Waals surface area contributed by atoms with Crippen molar-refractivity contribution in [3.05, 3.63) is 59.4 Å². The van der Waals surface area contributed by atoms with Crippen LogP contribution in [0.1, 0.15) is 24.8 Å². The van der Waals surface area contributed by atoms with Crippen molar-refractivity contribution >= 4 is 23.4 Å². The second-order valence-corrected chi connectivity index (χ2v) is 7.88. The minimum Gasteiger partial charge on any atom is -0.490 e. The van der Waals surface area contributed by atoms with Crippen LogP contribution in [-0.4, -0.2) is 53.6 Å². The van der Waals surface area contributed by atoms with Gasteiger partial charge in [-0.25, -0.2) is 0 Å². The smallest absolute Gasteiger partial charge is 0.222 e. The maximum atomic E-state index is 12.8. The molecule has 0 aliphatic carbocycles. The molecule has 160 valence electrons. The zero-order chi connectivity index (χ0) is 21.4. The van der Waals surface area contributed by atoms with E-state index in [9.17, 15) is 9.59 Å². The van der Waals surface area contributed by atoms with Crippen molar-refractivity contribution in [1.29, 1.82) is 0 Å². The van der Waals surface area contributed by atoms with Crippen LogP contribution in [0.3, 0.4) is 0 Å². The zero-order valence-electron chi connectivity index (χ0n) is 16.8. The van der Waals surface area contributed by atoms with Crippen LogP contribution in [0.2, 0.25) is 5.02 Å². The second kappa shape index (κ2) is 10.4. The van der Waals surface area contributed by atoms with E-state index in [4.69, 9.17) is 26.8 Å². The zero-order valence-corrected chi connectivity index (χ0v) is 17.5. The monoisotopic (exact) mass is 431 g/mol. The van der Waals surface area contributed by atoms with Gasteiger partial charge in [-0.2, -0.15) is 0 Å². The summed E-state index contributed by atoms with van der Waals surface area (Å²) in [6, 6.07) is 10.8. The number of hydrogen-bond acceptors (Lipinski definition) is 5. The van der Waals surface area contributed by atoms with E-state index < -0.39 is 11.5 Å². The number of carbonyl (C=O) groups is 2. The predicted molar refractivity (Wildman–Crippen MR) is 113 cm³/mol. The molecular formula is C22H26ClN3O4. The number of aryl methyl sites for hydroxylation is 1. The van der Waals surface area contributed by atoms with Gasteiger partial charge in [0.15, 0.2) is 0 Å². The van der Waals surface area contributed by atoms with Crippen molar-refractivity contribution in [2.24, 2.45) is 5.73 Å². The van der Waals surface area contributed by atoms with E-state index in [-0.39, 0.29) is 25.5 Å². The molecule has 1 saturated heterocycles. The number of primary amides is 1. The number of halogens is 1. The summed E-state index contributed by atoms with van der Waals surface area (Å²) in [6.45, 7) is 1.18. The van der Waals surface area contributed by atoms with Crippen LogP contribution < -0.4 is 10.5 Å². The van der Waals surface area contributed by atoms with Gasteiger partial charge in [0, 0.05) is 30.4 Å². The molecule has 1 fully saturated rings. The molecule has 1 aliphatic heterocycles. The van der Waals surface area contributed by atoms with Gasteiger partial charge in [-0.15, -0.1) is 0 Å². The third-order valence-electron chi connectivity index (χ3n) is 5.02. The Hall–Kier alpha value is -2.64. The number of nitrogens with zero attached hydrogens (tertiary/aromatic N) is 2. The van der Waals surface area contributed by atoms with Crippen LogP contribution in [0, 0.1) is 0 Å². The lowest BCUT2D eigenvalue weighted by Gasteiger charge is -2.42. The van der Waals surface area contributed by atoms with Crippen molar-refractivity contribution in [3.8, 4) is 5.75 Å². The molecule has 30 heavy (non-hydrogen) atoms. The number of ether oxygens (including phenoxy) is 2. The number of rotatable bonds is 9. The topological polar surface area (TPSA) is 94.8 Å². The summed E-state index contributed by atoms with van der Waals surface area (Å²) in [7, 11) is 0. The van der Waals surface area contributed by atoms with Crippen LogP contribution >= 0.6 is 11.6 Å². The Morgan fingerprint density at radius 2 is 1.93 bits per heavy atom. The number of morpholine rings is 1. The minimum atomic E-state index is -0.968. The minimum absolute atomic E-state index is 0.0264. The van der Waals surface area contributed by atoms with Gasteiger partial charge < -0.3 is 20.1 Å². The fraction of sp³-hybridized carbons (Fsp3) is 0.409. The van der Waals surface area contributed by atoms with Gasteiger partial charge in [0.05, 0.1) is 19.6 Å². The molecule has 8 heteroatoms. The first kappa shape index (κ1) is 22.1. The quantitative estimate of drug-likeness (QED) is 0.658. The Morgan fingerprint density at radius 1 is 1.20 bits per heavy atom. The Labute approximate surface area is 181 Å². The molecule has 1 aliphatic rings. The van der Waals surface area contributed by atoms with E-state index in [1.54, 1.807) is 41.6 Å². The van der Waals surface area contributed by atoms with Crippen molar-refractivity contribution in [3.63, 3.8) is 0 Å². The number of pyridine rings is 1. The molecule has 0 spiro atoms. The molecule has 2 amide bonds. The number of carbonyl (C=O) groups excluding carboxylic acids is 2. The van der Waals surface area contributed by atoms with Crippen LogP contribution in [0.15, 0.2) is 48.8 Å². The van der Waals surface area contributed by atoms with Crippen LogP contribution in [0.25, 0.3) is 0 Å². The molecule has 2 N–H and O–H groups in total. The summed E-state index contributed by atoms with van der Waals surface area (Å²) in [5.74, 6) is 0.141. The highest BCUT2D eigenvalue weighted by Crippen LogP contribution is 2.25. The highest BCUT2D eigenvalue weighted by Gasteiger charge is 2.40. The van der Waals surface area contributed by atoms with Gasteiger partial charge >= 0.3 is 0 Å². The average molecular weight is 432 g/mol. The second-order valence-electron chi connectivity index (χ2n) is 7.44. The molecule has 2 heterocycles. The number of aromatic nitrogens is 1. The van der Waals surface area contributed by atoms with Gasteiger partial charge in [0.25, 0.3) is 0 Å². The largest absolute Gasteiger partial charge is 0.490 e. The van der Waals surface area contributed by atoms with Gasteiger partial charge in [-0.1, -0.05) is 11.6 Å². The maximum Gasteiger partial charge on any atom is 0.222 e. The van der Waals surface area contributed by atoms with Crippen LogP contribution in [0.4, 0.5) is 0 Å².